The average molecular weight is 308 g/mol. The second-order valence-electron chi connectivity index (χ2n) is 4.81. The van der Waals surface area contributed by atoms with Crippen molar-refractivity contribution in [2.24, 2.45) is 7.05 Å². The van der Waals surface area contributed by atoms with E-state index in [0.717, 1.165) is 0 Å². The van der Waals surface area contributed by atoms with Gasteiger partial charge in [0.15, 0.2) is 9.84 Å². The van der Waals surface area contributed by atoms with Gasteiger partial charge >= 0.3 is 5.97 Å². The van der Waals surface area contributed by atoms with Gasteiger partial charge in [-0.1, -0.05) is 6.07 Å². The van der Waals surface area contributed by atoms with Gasteiger partial charge in [0.1, 0.15) is 5.82 Å². The summed E-state index contributed by atoms with van der Waals surface area (Å²) in [6.45, 7) is 1.63. The van der Waals surface area contributed by atoms with Crippen LogP contribution in [0.15, 0.2) is 35.5 Å². The quantitative estimate of drug-likeness (QED) is 0.903. The lowest BCUT2D eigenvalue weighted by Gasteiger charge is -2.07. The molecule has 6 nitrogen and oxygen atoms in total. The van der Waals surface area contributed by atoms with E-state index in [-0.39, 0.29) is 22.6 Å². The molecule has 112 valence electrons. The van der Waals surface area contributed by atoms with Crippen molar-refractivity contribution >= 4 is 15.8 Å². The molecule has 0 atom stereocenters. The van der Waals surface area contributed by atoms with Crippen molar-refractivity contribution in [3.8, 4) is 0 Å². The summed E-state index contributed by atoms with van der Waals surface area (Å²) in [6.07, 6.45) is 3.63. The molecule has 0 aliphatic heterocycles. The first kappa shape index (κ1) is 15.2. The fourth-order valence-corrected chi connectivity index (χ4v) is 3.27. The van der Waals surface area contributed by atoms with E-state index in [9.17, 15) is 13.2 Å². The van der Waals surface area contributed by atoms with E-state index in [2.05, 4.69) is 4.98 Å². The number of imidazole rings is 1. The zero-order chi connectivity index (χ0) is 15.6. The molecule has 0 saturated heterocycles. The molecule has 0 radical (unpaired) electrons. The number of hydrogen-bond acceptors (Lipinski definition) is 4. The first-order chi connectivity index (χ1) is 9.81. The Morgan fingerprint density at radius 1 is 1.38 bits per heavy atom. The van der Waals surface area contributed by atoms with E-state index in [1.807, 2.05) is 0 Å². The van der Waals surface area contributed by atoms with E-state index in [4.69, 9.17) is 5.11 Å². The van der Waals surface area contributed by atoms with Crippen LogP contribution in [0.5, 0.6) is 0 Å². The van der Waals surface area contributed by atoms with Crippen molar-refractivity contribution in [3.63, 3.8) is 0 Å². The number of aromatic carboxylic acids is 1. The Bertz CT molecular complexity index is 778. The predicted molar refractivity (Wildman–Crippen MR) is 77.1 cm³/mol. The molecule has 0 aliphatic carbocycles. The number of hydrogen-bond donors (Lipinski definition) is 1. The summed E-state index contributed by atoms with van der Waals surface area (Å²) in [5, 5.41) is 9.06. The highest BCUT2D eigenvalue weighted by molar-refractivity contribution is 7.91. The van der Waals surface area contributed by atoms with Crippen LogP contribution in [0.3, 0.4) is 0 Å². The normalized spacial score (nSPS) is 11.5. The number of rotatable bonds is 5. The highest BCUT2D eigenvalue weighted by atomic mass is 32.2. The highest BCUT2D eigenvalue weighted by Gasteiger charge is 2.18. The number of aryl methyl sites for hydroxylation is 3. The lowest BCUT2D eigenvalue weighted by molar-refractivity contribution is 0.0696. The monoisotopic (exact) mass is 308 g/mol. The van der Waals surface area contributed by atoms with Crippen molar-refractivity contribution < 1.29 is 18.3 Å². The maximum Gasteiger partial charge on any atom is 0.335 e. The van der Waals surface area contributed by atoms with Crippen molar-refractivity contribution in [1.82, 2.24) is 9.55 Å². The van der Waals surface area contributed by atoms with Crippen LogP contribution in [0, 0.1) is 6.92 Å². The molecule has 0 spiro atoms. The molecule has 0 fully saturated rings. The van der Waals surface area contributed by atoms with Gasteiger partial charge in [-0.3, -0.25) is 0 Å². The Balaban J connectivity index is 2.26. The molecule has 0 aliphatic rings. The zero-order valence-corrected chi connectivity index (χ0v) is 12.6. The van der Waals surface area contributed by atoms with E-state index < -0.39 is 15.8 Å². The Morgan fingerprint density at radius 2 is 2.10 bits per heavy atom. The standard InChI is InChI=1S/C14H16N2O4S/c1-10-3-4-11(9-12(10)14(17)18)21(19,20)8-5-13-15-6-7-16(13)2/h3-4,6-7,9H,5,8H2,1-2H3,(H,17,18). The fourth-order valence-electron chi connectivity index (χ4n) is 2.01. The summed E-state index contributed by atoms with van der Waals surface area (Å²) in [5.41, 5.74) is 0.540. The van der Waals surface area contributed by atoms with Crippen LogP contribution in [0.2, 0.25) is 0 Å². The molecule has 1 N–H and O–H groups in total. The number of carboxylic acid groups (broad SMARTS) is 1. The number of aromatic nitrogens is 2. The molecule has 0 amide bonds. The molecule has 1 aromatic carbocycles. The van der Waals surface area contributed by atoms with E-state index in [0.29, 0.717) is 11.4 Å². The molecule has 2 rings (SSSR count). The zero-order valence-electron chi connectivity index (χ0n) is 11.8. The Kier molecular flexibility index (Phi) is 4.13. The third-order valence-corrected chi connectivity index (χ3v) is 5.03. The lowest BCUT2D eigenvalue weighted by Crippen LogP contribution is -2.13. The van der Waals surface area contributed by atoms with Gasteiger partial charge in [-0.05, 0) is 24.6 Å². The van der Waals surface area contributed by atoms with Gasteiger partial charge in [0.05, 0.1) is 16.2 Å². The number of sulfone groups is 1. The summed E-state index contributed by atoms with van der Waals surface area (Å²) >= 11 is 0. The minimum atomic E-state index is -3.54. The first-order valence-corrected chi connectivity index (χ1v) is 7.99. The van der Waals surface area contributed by atoms with Crippen LogP contribution in [-0.2, 0) is 23.3 Å². The number of carbonyl (C=O) groups is 1. The Hall–Kier alpha value is -2.15. The van der Waals surface area contributed by atoms with E-state index in [1.165, 1.54) is 18.2 Å². The number of carboxylic acids is 1. The van der Waals surface area contributed by atoms with Crippen LogP contribution < -0.4 is 0 Å². The van der Waals surface area contributed by atoms with Gasteiger partial charge in [-0.15, -0.1) is 0 Å². The van der Waals surface area contributed by atoms with Gasteiger partial charge in [-0.25, -0.2) is 18.2 Å². The number of nitrogens with zero attached hydrogens (tertiary/aromatic N) is 2. The van der Waals surface area contributed by atoms with Crippen LogP contribution in [0.4, 0.5) is 0 Å². The van der Waals surface area contributed by atoms with Gasteiger partial charge < -0.3 is 9.67 Å². The Morgan fingerprint density at radius 3 is 2.67 bits per heavy atom. The third kappa shape index (κ3) is 3.30. The molecule has 21 heavy (non-hydrogen) atoms. The van der Waals surface area contributed by atoms with Crippen LogP contribution >= 0.6 is 0 Å². The smallest absolute Gasteiger partial charge is 0.335 e. The number of benzene rings is 1. The van der Waals surface area contributed by atoms with Crippen molar-refractivity contribution in [1.29, 1.82) is 0 Å². The van der Waals surface area contributed by atoms with Crippen molar-refractivity contribution in [3.05, 3.63) is 47.5 Å². The maximum atomic E-state index is 12.3. The van der Waals surface area contributed by atoms with Gasteiger partial charge in [0.2, 0.25) is 0 Å². The third-order valence-electron chi connectivity index (χ3n) is 3.31. The Labute approximate surface area is 123 Å². The second-order valence-corrected chi connectivity index (χ2v) is 6.91. The topological polar surface area (TPSA) is 89.3 Å². The first-order valence-electron chi connectivity index (χ1n) is 6.34. The molecule has 0 bridgehead atoms. The van der Waals surface area contributed by atoms with Crippen LogP contribution in [0.1, 0.15) is 21.7 Å². The minimum absolute atomic E-state index is 0.00747. The van der Waals surface area contributed by atoms with Gasteiger partial charge in [-0.2, -0.15) is 0 Å². The molecular weight excluding hydrogens is 292 g/mol. The fraction of sp³-hybridized carbons (Fsp3) is 0.286. The SMILES string of the molecule is Cc1ccc(S(=O)(=O)CCc2nccn2C)cc1C(=O)O. The predicted octanol–water partition coefficient (Wildman–Crippen LogP) is 1.44. The molecular formula is C14H16N2O4S. The summed E-state index contributed by atoms with van der Waals surface area (Å²) in [7, 11) is -1.75. The summed E-state index contributed by atoms with van der Waals surface area (Å²) in [6, 6.07) is 4.16. The molecule has 0 saturated carbocycles. The minimum Gasteiger partial charge on any atom is -0.478 e. The van der Waals surface area contributed by atoms with Gasteiger partial charge in [0.25, 0.3) is 0 Å². The van der Waals surface area contributed by atoms with Gasteiger partial charge in [0, 0.05) is 25.9 Å². The molecule has 1 aromatic heterocycles. The summed E-state index contributed by atoms with van der Waals surface area (Å²) in [5.74, 6) is -0.572. The largest absolute Gasteiger partial charge is 0.478 e. The molecule has 1 heterocycles. The van der Waals surface area contributed by atoms with Crippen molar-refractivity contribution in [2.45, 2.75) is 18.2 Å². The maximum absolute atomic E-state index is 12.3. The average Bonchev–Trinajstić information content (AvgIpc) is 2.82. The second kappa shape index (κ2) is 5.69. The van der Waals surface area contributed by atoms with Crippen LogP contribution in [-0.4, -0.2) is 34.8 Å². The van der Waals surface area contributed by atoms with Crippen LogP contribution in [0.25, 0.3) is 0 Å². The highest BCUT2D eigenvalue weighted by Crippen LogP contribution is 2.17. The molecule has 7 heteroatoms. The molecule has 2 aromatic rings. The van der Waals surface area contributed by atoms with Crippen molar-refractivity contribution in [2.75, 3.05) is 5.75 Å². The lowest BCUT2D eigenvalue weighted by atomic mass is 10.1. The summed E-state index contributed by atoms with van der Waals surface area (Å²) in [4.78, 5) is 15.2. The molecule has 0 unspecified atom stereocenters. The van der Waals surface area contributed by atoms with E-state index >= 15 is 0 Å². The summed E-state index contributed by atoms with van der Waals surface area (Å²) < 4.78 is 26.3. The van der Waals surface area contributed by atoms with E-state index in [1.54, 1.807) is 30.9 Å².